The monoisotopic (exact) mass is 290 g/mol. The van der Waals surface area contributed by atoms with Crippen molar-refractivity contribution in [3.63, 3.8) is 0 Å². The van der Waals surface area contributed by atoms with Crippen LogP contribution < -0.4 is 15.8 Å². The van der Waals surface area contributed by atoms with E-state index in [0.717, 1.165) is 6.42 Å². The number of benzene rings is 1. The normalized spacial score (nSPS) is 10.2. The summed E-state index contributed by atoms with van der Waals surface area (Å²) in [5.74, 6) is 0.620. The molecule has 0 fully saturated rings. The third-order valence-electron chi connectivity index (χ3n) is 2.78. The molecule has 0 aliphatic heterocycles. The lowest BCUT2D eigenvalue weighted by Gasteiger charge is -2.08. The van der Waals surface area contributed by atoms with Gasteiger partial charge in [0.1, 0.15) is 5.75 Å². The van der Waals surface area contributed by atoms with E-state index in [1.807, 2.05) is 23.6 Å². The number of amides is 1. The molecule has 106 valence electrons. The second-order valence-corrected chi connectivity index (χ2v) is 5.35. The van der Waals surface area contributed by atoms with Crippen LogP contribution in [0.2, 0.25) is 0 Å². The number of nitrogens with two attached hydrogens (primary N) is 1. The minimum Gasteiger partial charge on any atom is -0.491 e. The molecule has 0 saturated carbocycles. The van der Waals surface area contributed by atoms with Gasteiger partial charge >= 0.3 is 0 Å². The molecule has 1 aromatic heterocycles. The third-order valence-corrected chi connectivity index (χ3v) is 3.72. The zero-order valence-corrected chi connectivity index (χ0v) is 12.0. The van der Waals surface area contributed by atoms with Gasteiger partial charge in [-0.15, -0.1) is 11.3 Å². The van der Waals surface area contributed by atoms with Crippen LogP contribution in [-0.4, -0.2) is 19.1 Å². The Bertz CT molecular complexity index is 541. The Morgan fingerprint density at radius 1 is 1.25 bits per heavy atom. The fourth-order valence-corrected chi connectivity index (χ4v) is 2.44. The van der Waals surface area contributed by atoms with Crippen LogP contribution >= 0.6 is 11.3 Å². The van der Waals surface area contributed by atoms with Crippen LogP contribution in [-0.2, 0) is 11.2 Å². The SMILES string of the molecule is Nc1ccccc1OCCC(=O)NCCc1cccs1. The van der Waals surface area contributed by atoms with Crippen molar-refractivity contribution < 1.29 is 9.53 Å². The number of anilines is 1. The van der Waals surface area contributed by atoms with Gasteiger partial charge in [0.25, 0.3) is 0 Å². The molecule has 0 saturated heterocycles. The van der Waals surface area contributed by atoms with Crippen molar-refractivity contribution in [2.75, 3.05) is 18.9 Å². The van der Waals surface area contributed by atoms with E-state index in [0.29, 0.717) is 31.0 Å². The Morgan fingerprint density at radius 3 is 2.85 bits per heavy atom. The van der Waals surface area contributed by atoms with Crippen molar-refractivity contribution in [3.05, 3.63) is 46.7 Å². The Labute approximate surface area is 122 Å². The van der Waals surface area contributed by atoms with E-state index in [9.17, 15) is 4.79 Å². The van der Waals surface area contributed by atoms with Gasteiger partial charge in [-0.3, -0.25) is 4.79 Å². The second kappa shape index (κ2) is 7.55. The van der Waals surface area contributed by atoms with Crippen LogP contribution in [0, 0.1) is 0 Å². The molecule has 1 aromatic carbocycles. The summed E-state index contributed by atoms with van der Waals surface area (Å²) in [6.07, 6.45) is 1.20. The summed E-state index contributed by atoms with van der Waals surface area (Å²) in [6.45, 7) is 0.992. The maximum absolute atomic E-state index is 11.6. The molecule has 0 bridgehead atoms. The number of thiophene rings is 1. The number of rotatable bonds is 7. The van der Waals surface area contributed by atoms with Gasteiger partial charge in [-0.25, -0.2) is 0 Å². The first-order valence-electron chi connectivity index (χ1n) is 6.52. The molecule has 1 amide bonds. The van der Waals surface area contributed by atoms with E-state index in [4.69, 9.17) is 10.5 Å². The highest BCUT2D eigenvalue weighted by molar-refractivity contribution is 7.09. The molecule has 3 N–H and O–H groups in total. The fourth-order valence-electron chi connectivity index (χ4n) is 1.73. The lowest BCUT2D eigenvalue weighted by Crippen LogP contribution is -2.26. The lowest BCUT2D eigenvalue weighted by molar-refractivity contribution is -0.121. The van der Waals surface area contributed by atoms with E-state index in [1.54, 1.807) is 23.5 Å². The first-order chi connectivity index (χ1) is 9.75. The molecule has 0 aliphatic rings. The topological polar surface area (TPSA) is 64.3 Å². The predicted molar refractivity (Wildman–Crippen MR) is 82.0 cm³/mol. The quantitative estimate of drug-likeness (QED) is 0.770. The number of carbonyl (C=O) groups is 1. The van der Waals surface area contributed by atoms with E-state index in [2.05, 4.69) is 11.4 Å². The van der Waals surface area contributed by atoms with Crippen molar-refractivity contribution in [2.24, 2.45) is 0 Å². The summed E-state index contributed by atoms with van der Waals surface area (Å²) < 4.78 is 5.48. The van der Waals surface area contributed by atoms with Crippen LogP contribution in [0.25, 0.3) is 0 Å². The molecule has 2 rings (SSSR count). The van der Waals surface area contributed by atoms with E-state index < -0.39 is 0 Å². The number of carbonyl (C=O) groups excluding carboxylic acids is 1. The number of nitrogen functional groups attached to an aromatic ring is 1. The Hall–Kier alpha value is -2.01. The smallest absolute Gasteiger partial charge is 0.223 e. The molecular weight excluding hydrogens is 272 g/mol. The number of ether oxygens (including phenoxy) is 1. The van der Waals surface area contributed by atoms with Crippen molar-refractivity contribution in [1.29, 1.82) is 0 Å². The van der Waals surface area contributed by atoms with Gasteiger partial charge in [0.2, 0.25) is 5.91 Å². The largest absolute Gasteiger partial charge is 0.491 e. The number of para-hydroxylation sites is 2. The summed E-state index contributed by atoms with van der Waals surface area (Å²) in [5.41, 5.74) is 6.34. The molecule has 0 spiro atoms. The molecule has 2 aromatic rings. The van der Waals surface area contributed by atoms with Crippen molar-refractivity contribution in [2.45, 2.75) is 12.8 Å². The molecule has 0 radical (unpaired) electrons. The van der Waals surface area contributed by atoms with Gasteiger partial charge in [-0.05, 0) is 30.0 Å². The lowest BCUT2D eigenvalue weighted by atomic mass is 10.3. The molecule has 0 unspecified atom stereocenters. The molecule has 20 heavy (non-hydrogen) atoms. The minimum absolute atomic E-state index is 0.00365. The summed E-state index contributed by atoms with van der Waals surface area (Å²) in [5, 5.41) is 4.92. The van der Waals surface area contributed by atoms with Gasteiger partial charge in [0, 0.05) is 11.4 Å². The average molecular weight is 290 g/mol. The average Bonchev–Trinajstić information content (AvgIpc) is 2.94. The van der Waals surface area contributed by atoms with Crippen molar-refractivity contribution in [1.82, 2.24) is 5.32 Å². The van der Waals surface area contributed by atoms with Gasteiger partial charge in [0.05, 0.1) is 18.7 Å². The van der Waals surface area contributed by atoms with Crippen LogP contribution in [0.15, 0.2) is 41.8 Å². The van der Waals surface area contributed by atoms with E-state index in [-0.39, 0.29) is 5.91 Å². The van der Waals surface area contributed by atoms with Crippen LogP contribution in [0.4, 0.5) is 5.69 Å². The van der Waals surface area contributed by atoms with Gasteiger partial charge in [-0.2, -0.15) is 0 Å². The molecule has 5 heteroatoms. The zero-order chi connectivity index (χ0) is 14.2. The molecule has 0 aliphatic carbocycles. The number of hydrogen-bond donors (Lipinski definition) is 2. The zero-order valence-electron chi connectivity index (χ0n) is 11.2. The summed E-state index contributed by atoms with van der Waals surface area (Å²) in [7, 11) is 0. The first kappa shape index (κ1) is 14.4. The Kier molecular flexibility index (Phi) is 5.43. The van der Waals surface area contributed by atoms with E-state index in [1.165, 1.54) is 4.88 Å². The summed E-state index contributed by atoms with van der Waals surface area (Å²) >= 11 is 1.70. The number of hydrogen-bond acceptors (Lipinski definition) is 4. The van der Waals surface area contributed by atoms with Gasteiger partial charge < -0.3 is 15.8 Å². The molecule has 4 nitrogen and oxygen atoms in total. The minimum atomic E-state index is -0.00365. The molecule has 0 atom stereocenters. The standard InChI is InChI=1S/C15H18N2O2S/c16-13-5-1-2-6-14(13)19-10-8-15(18)17-9-7-12-4-3-11-20-12/h1-6,11H,7-10,16H2,(H,17,18). The molecule has 1 heterocycles. The number of nitrogens with one attached hydrogen (secondary N) is 1. The summed E-state index contributed by atoms with van der Waals surface area (Å²) in [6, 6.07) is 11.4. The predicted octanol–water partition coefficient (Wildman–Crippen LogP) is 2.46. The van der Waals surface area contributed by atoms with Gasteiger partial charge in [0.15, 0.2) is 0 Å². The van der Waals surface area contributed by atoms with Crippen LogP contribution in [0.5, 0.6) is 5.75 Å². The third kappa shape index (κ3) is 4.59. The van der Waals surface area contributed by atoms with E-state index >= 15 is 0 Å². The van der Waals surface area contributed by atoms with Crippen molar-refractivity contribution in [3.8, 4) is 5.75 Å². The fraction of sp³-hybridized carbons (Fsp3) is 0.267. The van der Waals surface area contributed by atoms with Gasteiger partial charge in [-0.1, -0.05) is 18.2 Å². The van der Waals surface area contributed by atoms with Crippen LogP contribution in [0.1, 0.15) is 11.3 Å². The Morgan fingerprint density at radius 2 is 2.10 bits per heavy atom. The maximum atomic E-state index is 11.6. The van der Waals surface area contributed by atoms with Crippen LogP contribution in [0.3, 0.4) is 0 Å². The summed E-state index contributed by atoms with van der Waals surface area (Å²) in [4.78, 5) is 12.9. The second-order valence-electron chi connectivity index (χ2n) is 4.32. The molecular formula is C15H18N2O2S. The maximum Gasteiger partial charge on any atom is 0.223 e. The Balaban J connectivity index is 1.62. The first-order valence-corrected chi connectivity index (χ1v) is 7.40. The highest BCUT2D eigenvalue weighted by Gasteiger charge is 2.03. The highest BCUT2D eigenvalue weighted by Crippen LogP contribution is 2.19. The van der Waals surface area contributed by atoms with Crippen molar-refractivity contribution >= 4 is 22.9 Å². The highest BCUT2D eigenvalue weighted by atomic mass is 32.1.